The Bertz CT molecular complexity index is 1000. The first kappa shape index (κ1) is 17.7. The van der Waals surface area contributed by atoms with Crippen molar-refractivity contribution in [1.82, 2.24) is 10.3 Å². The fourth-order valence-corrected chi connectivity index (χ4v) is 4.78. The van der Waals surface area contributed by atoms with Crippen LogP contribution in [0.1, 0.15) is 29.9 Å². The third-order valence-corrected chi connectivity index (χ3v) is 6.16. The number of para-hydroxylation sites is 1. The Morgan fingerprint density at radius 1 is 1.25 bits per heavy atom. The number of benzene rings is 2. The van der Waals surface area contributed by atoms with E-state index in [1.165, 1.54) is 0 Å². The van der Waals surface area contributed by atoms with Gasteiger partial charge in [0, 0.05) is 10.0 Å². The molecule has 7 heteroatoms. The molecule has 144 valence electrons. The van der Waals surface area contributed by atoms with Gasteiger partial charge in [-0.25, -0.2) is 0 Å². The molecule has 28 heavy (non-hydrogen) atoms. The molecule has 2 aromatic rings. The van der Waals surface area contributed by atoms with Crippen LogP contribution in [0.4, 0.5) is 17.1 Å². The van der Waals surface area contributed by atoms with Crippen LogP contribution in [0.3, 0.4) is 0 Å². The van der Waals surface area contributed by atoms with Crippen LogP contribution in [0.2, 0.25) is 0 Å². The number of rotatable bonds is 4. The summed E-state index contributed by atoms with van der Waals surface area (Å²) in [6.07, 6.45) is 1.84. The highest BCUT2D eigenvalue weighted by atomic mass is 79.9. The van der Waals surface area contributed by atoms with Gasteiger partial charge in [-0.05, 0) is 63.3 Å². The van der Waals surface area contributed by atoms with Crippen molar-refractivity contribution in [2.75, 3.05) is 37.1 Å². The van der Waals surface area contributed by atoms with Crippen LogP contribution in [0.25, 0.3) is 0 Å². The number of halogens is 1. The number of nitrogens with zero attached hydrogens (tertiary/aromatic N) is 4. The van der Waals surface area contributed by atoms with Gasteiger partial charge in [-0.3, -0.25) is 15.1 Å². The number of hydrazone groups is 1. The lowest BCUT2D eigenvalue weighted by atomic mass is 9.94. The molecule has 0 saturated heterocycles. The molecule has 3 aliphatic rings. The van der Waals surface area contributed by atoms with E-state index in [4.69, 9.17) is 0 Å². The molecule has 0 aromatic heterocycles. The van der Waals surface area contributed by atoms with E-state index in [2.05, 4.69) is 74.6 Å². The SMILES string of the molecule is CN(C)CCCC1C(=O)N2c3cc(Br)ccc3N3CNN=C3c3cccc1c32. The van der Waals surface area contributed by atoms with Gasteiger partial charge in [-0.15, -0.1) is 0 Å². The molecule has 1 atom stereocenters. The van der Waals surface area contributed by atoms with E-state index in [0.29, 0.717) is 6.67 Å². The van der Waals surface area contributed by atoms with Gasteiger partial charge in [0.05, 0.1) is 23.0 Å². The second kappa shape index (κ2) is 6.60. The Labute approximate surface area is 172 Å². The molecule has 3 aliphatic heterocycles. The Balaban J connectivity index is 1.68. The second-order valence-electron chi connectivity index (χ2n) is 7.73. The first-order valence-corrected chi connectivity index (χ1v) is 10.3. The monoisotopic (exact) mass is 439 g/mol. The van der Waals surface area contributed by atoms with Gasteiger partial charge in [0.2, 0.25) is 5.91 Å². The van der Waals surface area contributed by atoms with Gasteiger partial charge in [-0.2, -0.15) is 5.10 Å². The third-order valence-electron chi connectivity index (χ3n) is 5.66. The Kier molecular flexibility index (Phi) is 4.17. The van der Waals surface area contributed by atoms with E-state index < -0.39 is 0 Å². The number of carbonyl (C=O) groups is 1. The van der Waals surface area contributed by atoms with E-state index in [1.807, 2.05) is 17.0 Å². The van der Waals surface area contributed by atoms with Gasteiger partial charge < -0.3 is 9.80 Å². The molecule has 1 amide bonds. The fourth-order valence-electron chi connectivity index (χ4n) is 4.43. The molecule has 1 unspecified atom stereocenters. The molecule has 0 spiro atoms. The van der Waals surface area contributed by atoms with Crippen LogP contribution in [0.15, 0.2) is 46.0 Å². The van der Waals surface area contributed by atoms with Crippen LogP contribution in [0.5, 0.6) is 0 Å². The van der Waals surface area contributed by atoms with Crippen molar-refractivity contribution in [1.29, 1.82) is 0 Å². The zero-order chi connectivity index (χ0) is 19.4. The first-order chi connectivity index (χ1) is 13.6. The van der Waals surface area contributed by atoms with Gasteiger partial charge in [0.15, 0.2) is 5.84 Å². The van der Waals surface area contributed by atoms with Crippen molar-refractivity contribution in [2.45, 2.75) is 18.8 Å². The van der Waals surface area contributed by atoms with Gasteiger partial charge in [0.25, 0.3) is 0 Å². The maximum absolute atomic E-state index is 13.6. The first-order valence-electron chi connectivity index (χ1n) is 9.56. The van der Waals surface area contributed by atoms with E-state index in [9.17, 15) is 4.79 Å². The Morgan fingerprint density at radius 2 is 2.11 bits per heavy atom. The van der Waals surface area contributed by atoms with Crippen molar-refractivity contribution < 1.29 is 4.79 Å². The molecular formula is C21H22BrN5O. The average Bonchev–Trinajstić information content (AvgIpc) is 3.22. The quantitative estimate of drug-likeness (QED) is 0.790. The number of nitrogens with one attached hydrogen (secondary N) is 1. The number of anilines is 3. The highest BCUT2D eigenvalue weighted by Gasteiger charge is 2.44. The second-order valence-corrected chi connectivity index (χ2v) is 8.64. The lowest BCUT2D eigenvalue weighted by molar-refractivity contribution is -0.118. The topological polar surface area (TPSA) is 51.2 Å². The molecule has 2 aromatic carbocycles. The number of fused-ring (bicyclic) bond motifs is 5. The maximum Gasteiger partial charge on any atom is 0.239 e. The fraction of sp³-hybridized carbons (Fsp3) is 0.333. The van der Waals surface area contributed by atoms with Crippen LogP contribution in [-0.2, 0) is 4.79 Å². The minimum absolute atomic E-state index is 0.108. The van der Waals surface area contributed by atoms with E-state index >= 15 is 0 Å². The standard InChI is InChI=1S/C21H22BrN5O/c1-25(2)10-4-7-15-14-5-3-6-16-19(14)27(21(15)28)18-11-13(22)8-9-17(18)26-12-23-24-20(16)26/h3,5-6,8-9,11,15,23H,4,7,10,12H2,1-2H3. The molecule has 1 N–H and O–H groups in total. The van der Waals surface area contributed by atoms with Crippen molar-refractivity contribution in [2.24, 2.45) is 5.10 Å². The summed E-state index contributed by atoms with van der Waals surface area (Å²) in [6, 6.07) is 12.3. The molecule has 5 rings (SSSR count). The largest absolute Gasteiger partial charge is 0.309 e. The number of hydrogen-bond donors (Lipinski definition) is 1. The predicted molar refractivity (Wildman–Crippen MR) is 115 cm³/mol. The number of hydrogen-bond acceptors (Lipinski definition) is 5. The molecule has 6 nitrogen and oxygen atoms in total. The summed E-state index contributed by atoms with van der Waals surface area (Å²) in [5, 5.41) is 4.56. The van der Waals surface area contributed by atoms with Crippen LogP contribution >= 0.6 is 15.9 Å². The van der Waals surface area contributed by atoms with Crippen LogP contribution in [0, 0.1) is 0 Å². The van der Waals surface area contributed by atoms with Crippen molar-refractivity contribution in [3.8, 4) is 0 Å². The molecule has 0 fully saturated rings. The maximum atomic E-state index is 13.6. The third kappa shape index (κ3) is 2.57. The number of amides is 1. The molecule has 0 radical (unpaired) electrons. The smallest absolute Gasteiger partial charge is 0.239 e. The van der Waals surface area contributed by atoms with E-state index in [-0.39, 0.29) is 11.8 Å². The van der Waals surface area contributed by atoms with Crippen molar-refractivity contribution in [3.63, 3.8) is 0 Å². The summed E-state index contributed by atoms with van der Waals surface area (Å²) in [7, 11) is 4.14. The van der Waals surface area contributed by atoms with Crippen LogP contribution < -0.4 is 15.2 Å². The minimum atomic E-state index is -0.108. The summed E-state index contributed by atoms with van der Waals surface area (Å²) in [5.41, 5.74) is 8.14. The molecular weight excluding hydrogens is 418 g/mol. The van der Waals surface area contributed by atoms with Crippen molar-refractivity contribution in [3.05, 3.63) is 52.0 Å². The summed E-state index contributed by atoms with van der Waals surface area (Å²) in [5.74, 6) is 0.934. The molecule has 0 bridgehead atoms. The van der Waals surface area contributed by atoms with E-state index in [1.54, 1.807) is 0 Å². The summed E-state index contributed by atoms with van der Waals surface area (Å²) in [4.78, 5) is 19.9. The van der Waals surface area contributed by atoms with Crippen molar-refractivity contribution >= 4 is 44.7 Å². The van der Waals surface area contributed by atoms with E-state index in [0.717, 1.165) is 57.9 Å². The van der Waals surface area contributed by atoms with Gasteiger partial charge in [0.1, 0.15) is 6.67 Å². The molecule has 0 aliphatic carbocycles. The Hall–Kier alpha value is -2.38. The average molecular weight is 440 g/mol. The zero-order valence-electron chi connectivity index (χ0n) is 15.9. The Morgan fingerprint density at radius 3 is 2.93 bits per heavy atom. The molecule has 3 heterocycles. The lowest BCUT2D eigenvalue weighted by Gasteiger charge is -2.23. The highest BCUT2D eigenvalue weighted by Crippen LogP contribution is 2.51. The summed E-state index contributed by atoms with van der Waals surface area (Å²) < 4.78 is 0.960. The lowest BCUT2D eigenvalue weighted by Crippen LogP contribution is -2.30. The normalized spacial score (nSPS) is 19.2. The molecule has 0 saturated carbocycles. The summed E-state index contributed by atoms with van der Waals surface area (Å²) in [6.45, 7) is 1.58. The minimum Gasteiger partial charge on any atom is -0.309 e. The number of carbonyl (C=O) groups excluding carboxylic acids is 1. The highest BCUT2D eigenvalue weighted by molar-refractivity contribution is 9.10. The van der Waals surface area contributed by atoms with Crippen LogP contribution in [-0.4, -0.2) is 44.0 Å². The zero-order valence-corrected chi connectivity index (χ0v) is 17.5. The van der Waals surface area contributed by atoms with Gasteiger partial charge in [-0.1, -0.05) is 28.1 Å². The number of amidine groups is 1. The predicted octanol–water partition coefficient (Wildman–Crippen LogP) is 3.60. The summed E-state index contributed by atoms with van der Waals surface area (Å²) >= 11 is 3.59. The van der Waals surface area contributed by atoms with Gasteiger partial charge >= 0.3 is 0 Å².